The van der Waals surface area contributed by atoms with Gasteiger partial charge in [-0.25, -0.2) is 14.6 Å². The Kier molecular flexibility index (Phi) is 9.28. The molecule has 0 amide bonds. The Morgan fingerprint density at radius 2 is 2.09 bits per heavy atom. The van der Waals surface area contributed by atoms with Crippen molar-refractivity contribution in [2.75, 3.05) is 0 Å². The normalized spacial score (nSPS) is 19.1. The number of carbonyl (C=O) groups is 1. The summed E-state index contributed by atoms with van der Waals surface area (Å²) in [6.45, 7) is 9.02. The molecule has 0 bridgehead atoms. The van der Waals surface area contributed by atoms with Crippen molar-refractivity contribution < 1.29 is 23.5 Å². The molecule has 5 rings (SSSR count). The average molecular weight is 605 g/mol. The quantitative estimate of drug-likeness (QED) is 0.201. The lowest BCUT2D eigenvalue weighted by molar-refractivity contribution is 0.0395. The highest BCUT2D eigenvalue weighted by Crippen LogP contribution is 2.34. The fraction of sp³-hybridized carbons (Fsp3) is 0.500. The molecule has 1 fully saturated rings. The zero-order valence-electron chi connectivity index (χ0n) is 25.9. The third kappa shape index (κ3) is 7.42. The fourth-order valence-electron chi connectivity index (χ4n) is 5.31. The number of imidazole rings is 1. The summed E-state index contributed by atoms with van der Waals surface area (Å²) < 4.78 is 17.3. The molecule has 3 aromatic heterocycles. The van der Waals surface area contributed by atoms with Crippen molar-refractivity contribution in [2.24, 2.45) is 17.8 Å². The molecular formula is C32H40N6O6. The molecule has 0 aliphatic heterocycles. The molecule has 44 heavy (non-hydrogen) atoms. The standard InChI is InChI=1S/C32H40N6O6/c1-6-8-26-33-28(32(4,5)41)27(30(39)42-18-25-20(3)43-31(40)44-25)38(26)17-22-13-14-23(19(2)15-22)16-24(29-34-36-37-35-29)10-7-9-21-11-12-21/h7,9-10,13-15,19,21,23,41H,6,8,11-12,16-18H2,1-5H3,(H,34,35,36,37)/b9-7?,24-10+. The van der Waals surface area contributed by atoms with Gasteiger partial charge in [-0.2, -0.15) is 5.21 Å². The van der Waals surface area contributed by atoms with E-state index < -0.39 is 17.4 Å². The number of aryl methyl sites for hydroxylation is 2. The van der Waals surface area contributed by atoms with Crippen molar-refractivity contribution in [2.45, 2.75) is 85.5 Å². The van der Waals surface area contributed by atoms with E-state index >= 15 is 0 Å². The molecule has 2 unspecified atom stereocenters. The first-order chi connectivity index (χ1) is 21.0. The van der Waals surface area contributed by atoms with E-state index in [9.17, 15) is 14.7 Å². The molecule has 12 nitrogen and oxygen atoms in total. The lowest BCUT2D eigenvalue weighted by atomic mass is 9.82. The molecule has 2 N–H and O–H groups in total. The van der Waals surface area contributed by atoms with Crippen molar-refractivity contribution in [3.63, 3.8) is 0 Å². The van der Waals surface area contributed by atoms with E-state index in [2.05, 4.69) is 64.0 Å². The number of hydrogen-bond donors (Lipinski definition) is 2. The number of ether oxygens (including phenoxy) is 1. The zero-order chi connectivity index (χ0) is 31.4. The van der Waals surface area contributed by atoms with Crippen LogP contribution in [0, 0.1) is 24.7 Å². The second-order valence-electron chi connectivity index (χ2n) is 12.1. The summed E-state index contributed by atoms with van der Waals surface area (Å²) >= 11 is 0. The van der Waals surface area contributed by atoms with Gasteiger partial charge in [0.1, 0.15) is 17.1 Å². The van der Waals surface area contributed by atoms with Crippen LogP contribution in [0.2, 0.25) is 0 Å². The number of aromatic amines is 1. The number of aliphatic hydroxyl groups is 1. The molecule has 0 saturated heterocycles. The van der Waals surface area contributed by atoms with Crippen molar-refractivity contribution >= 4 is 11.5 Å². The van der Waals surface area contributed by atoms with Crippen LogP contribution in [0.5, 0.6) is 0 Å². The number of aromatic nitrogens is 6. The first kappa shape index (κ1) is 31.1. The van der Waals surface area contributed by atoms with Gasteiger partial charge >= 0.3 is 11.8 Å². The molecule has 0 spiro atoms. The van der Waals surface area contributed by atoms with E-state index in [0.29, 0.717) is 30.5 Å². The lowest BCUT2D eigenvalue weighted by Gasteiger charge is -2.24. The Bertz CT molecular complexity index is 1640. The predicted molar refractivity (Wildman–Crippen MR) is 161 cm³/mol. The summed E-state index contributed by atoms with van der Waals surface area (Å²) in [5.74, 6) is 1.16. The molecular weight excluding hydrogens is 564 g/mol. The second kappa shape index (κ2) is 13.1. The summed E-state index contributed by atoms with van der Waals surface area (Å²) in [5, 5.41) is 25.7. The van der Waals surface area contributed by atoms with Gasteiger partial charge in [0.05, 0.1) is 0 Å². The van der Waals surface area contributed by atoms with Gasteiger partial charge in [-0.15, -0.1) is 10.2 Å². The molecule has 3 heterocycles. The number of allylic oxidation sites excluding steroid dienone is 8. The topological polar surface area (TPSA) is 162 Å². The molecule has 12 heteroatoms. The summed E-state index contributed by atoms with van der Waals surface area (Å²) in [7, 11) is 0. The molecule has 234 valence electrons. The average Bonchev–Trinajstić information content (AvgIpc) is 3.32. The van der Waals surface area contributed by atoms with Gasteiger partial charge < -0.3 is 23.2 Å². The molecule has 2 aliphatic carbocycles. The van der Waals surface area contributed by atoms with Gasteiger partial charge in [-0.1, -0.05) is 50.3 Å². The Morgan fingerprint density at radius 3 is 2.70 bits per heavy atom. The van der Waals surface area contributed by atoms with Gasteiger partial charge in [0.25, 0.3) is 0 Å². The van der Waals surface area contributed by atoms with E-state index in [1.54, 1.807) is 20.8 Å². The number of H-pyrrole nitrogens is 1. The second-order valence-corrected chi connectivity index (χ2v) is 12.1. The molecule has 1 saturated carbocycles. The van der Waals surface area contributed by atoms with Crippen LogP contribution in [0.1, 0.15) is 92.7 Å². The number of nitrogens with zero attached hydrogens (tertiary/aromatic N) is 5. The van der Waals surface area contributed by atoms with Crippen LogP contribution in [-0.4, -0.2) is 41.3 Å². The predicted octanol–water partition coefficient (Wildman–Crippen LogP) is 4.98. The van der Waals surface area contributed by atoms with Gasteiger partial charge in [-0.3, -0.25) is 0 Å². The van der Waals surface area contributed by atoms with Gasteiger partial charge in [-0.05, 0) is 75.0 Å². The SMILES string of the molecule is CCCc1nc(C(C)(C)O)c(C(=O)OCc2oc(=O)oc2C)n1CC1=CC(C)C(C/C(=C\C=CC2CC2)c2nn[nH]n2)C=C1. The van der Waals surface area contributed by atoms with Crippen LogP contribution in [0.25, 0.3) is 5.57 Å². The highest BCUT2D eigenvalue weighted by Gasteiger charge is 2.33. The minimum absolute atomic E-state index is 0.128. The Hall–Kier alpha value is -4.32. The van der Waals surface area contributed by atoms with Crippen molar-refractivity contribution in [3.05, 3.63) is 87.2 Å². The van der Waals surface area contributed by atoms with Crippen molar-refractivity contribution in [1.29, 1.82) is 0 Å². The zero-order valence-corrected chi connectivity index (χ0v) is 25.9. The monoisotopic (exact) mass is 604 g/mol. The number of hydrogen-bond acceptors (Lipinski definition) is 10. The Morgan fingerprint density at radius 1 is 1.30 bits per heavy atom. The van der Waals surface area contributed by atoms with Gasteiger partial charge in [0.15, 0.2) is 23.8 Å². The summed E-state index contributed by atoms with van der Waals surface area (Å²) in [6, 6.07) is 0. The molecule has 2 aliphatic rings. The van der Waals surface area contributed by atoms with Crippen LogP contribution < -0.4 is 5.82 Å². The molecule has 0 aromatic carbocycles. The highest BCUT2D eigenvalue weighted by molar-refractivity contribution is 5.89. The van der Waals surface area contributed by atoms with E-state index in [4.69, 9.17) is 18.6 Å². The fourth-order valence-corrected chi connectivity index (χ4v) is 5.31. The highest BCUT2D eigenvalue weighted by atomic mass is 16.6. The Labute approximate surface area is 255 Å². The van der Waals surface area contributed by atoms with Crippen LogP contribution in [0.3, 0.4) is 0 Å². The molecule has 2 atom stereocenters. The van der Waals surface area contributed by atoms with Crippen molar-refractivity contribution in [1.82, 2.24) is 30.2 Å². The number of carbonyl (C=O) groups excluding carboxylic acids is 1. The lowest BCUT2D eigenvalue weighted by Crippen LogP contribution is -2.24. The first-order valence-corrected chi connectivity index (χ1v) is 15.1. The van der Waals surface area contributed by atoms with E-state index in [1.165, 1.54) is 12.8 Å². The third-order valence-corrected chi connectivity index (χ3v) is 7.90. The third-order valence-electron chi connectivity index (χ3n) is 7.90. The van der Waals surface area contributed by atoms with Crippen LogP contribution in [0.15, 0.2) is 55.7 Å². The maximum Gasteiger partial charge on any atom is 0.519 e. The van der Waals surface area contributed by atoms with Gasteiger partial charge in [0, 0.05) is 18.5 Å². The Balaban J connectivity index is 1.38. The van der Waals surface area contributed by atoms with E-state index in [0.717, 1.165) is 24.0 Å². The maximum absolute atomic E-state index is 13.6. The summed E-state index contributed by atoms with van der Waals surface area (Å²) in [4.78, 5) is 29.7. The minimum atomic E-state index is -1.40. The van der Waals surface area contributed by atoms with Gasteiger partial charge in [0.2, 0.25) is 5.82 Å². The van der Waals surface area contributed by atoms with E-state index in [-0.39, 0.29) is 41.4 Å². The van der Waals surface area contributed by atoms with Crippen LogP contribution in [-0.2, 0) is 29.9 Å². The number of rotatable bonds is 13. The molecule has 3 aromatic rings. The number of esters is 1. The molecule has 0 radical (unpaired) electrons. The summed E-state index contributed by atoms with van der Waals surface area (Å²) in [6.07, 6.45) is 17.5. The smallest absolute Gasteiger partial charge is 0.453 e. The maximum atomic E-state index is 13.6. The van der Waals surface area contributed by atoms with E-state index in [1.807, 2.05) is 11.5 Å². The number of nitrogens with one attached hydrogen (secondary N) is 1. The minimum Gasteiger partial charge on any atom is -0.453 e. The summed E-state index contributed by atoms with van der Waals surface area (Å²) in [5.41, 5.74) is 1.02. The first-order valence-electron chi connectivity index (χ1n) is 15.1. The van der Waals surface area contributed by atoms with Crippen LogP contribution in [0.4, 0.5) is 0 Å². The largest absolute Gasteiger partial charge is 0.519 e. The van der Waals surface area contributed by atoms with Crippen molar-refractivity contribution in [3.8, 4) is 0 Å². The number of tetrazole rings is 1. The van der Waals surface area contributed by atoms with Crippen LogP contribution >= 0.6 is 0 Å².